The molecule has 1 aromatic rings. The van der Waals surface area contributed by atoms with E-state index >= 15 is 0 Å². The van der Waals surface area contributed by atoms with Gasteiger partial charge in [0.05, 0.1) is 18.8 Å². The molecule has 28 heavy (non-hydrogen) atoms. The second kappa shape index (κ2) is 11.0. The zero-order valence-electron chi connectivity index (χ0n) is 17.3. The number of guanidine groups is 1. The van der Waals surface area contributed by atoms with Crippen LogP contribution in [0.3, 0.4) is 0 Å². The molecule has 8 nitrogen and oxygen atoms in total. The van der Waals surface area contributed by atoms with E-state index in [2.05, 4.69) is 34.1 Å². The van der Waals surface area contributed by atoms with Crippen molar-refractivity contribution >= 4 is 35.8 Å². The molecule has 0 aromatic carbocycles. The molecule has 1 aromatic heterocycles. The Hall–Kier alpha value is -1.36. The van der Waals surface area contributed by atoms with Crippen LogP contribution < -0.4 is 5.32 Å². The fourth-order valence-corrected chi connectivity index (χ4v) is 3.82. The van der Waals surface area contributed by atoms with Gasteiger partial charge in [-0.1, -0.05) is 0 Å². The van der Waals surface area contributed by atoms with Crippen LogP contribution in [0.15, 0.2) is 17.4 Å². The zero-order chi connectivity index (χ0) is 19.2. The number of halogens is 1. The highest BCUT2D eigenvalue weighted by atomic mass is 127. The molecule has 1 amide bonds. The molecular weight excluding hydrogens is 469 g/mol. The Morgan fingerprint density at radius 2 is 1.86 bits per heavy atom. The van der Waals surface area contributed by atoms with Crippen molar-refractivity contribution in [2.24, 2.45) is 12.0 Å². The van der Waals surface area contributed by atoms with E-state index in [0.29, 0.717) is 6.54 Å². The Labute approximate surface area is 185 Å². The summed E-state index contributed by atoms with van der Waals surface area (Å²) in [5.74, 6) is 1.23. The summed E-state index contributed by atoms with van der Waals surface area (Å²) in [7, 11) is 1.92. The van der Waals surface area contributed by atoms with Crippen molar-refractivity contribution in [3.63, 3.8) is 0 Å². The quantitative estimate of drug-likeness (QED) is 0.371. The van der Waals surface area contributed by atoms with E-state index in [1.807, 2.05) is 24.3 Å². The van der Waals surface area contributed by atoms with Crippen molar-refractivity contribution in [2.75, 3.05) is 45.8 Å². The van der Waals surface area contributed by atoms with E-state index in [9.17, 15) is 4.79 Å². The predicted octanol–water partition coefficient (Wildman–Crippen LogP) is 1.13. The number of aromatic nitrogens is 2. The Morgan fingerprint density at radius 3 is 2.43 bits per heavy atom. The van der Waals surface area contributed by atoms with Crippen LogP contribution in [0, 0.1) is 0 Å². The minimum atomic E-state index is -0.0276. The van der Waals surface area contributed by atoms with Crippen LogP contribution in [0.4, 0.5) is 0 Å². The van der Waals surface area contributed by atoms with Crippen molar-refractivity contribution in [3.05, 3.63) is 18.0 Å². The minimum absolute atomic E-state index is 0. The number of rotatable bonds is 5. The molecule has 0 aliphatic carbocycles. The molecule has 9 heteroatoms. The van der Waals surface area contributed by atoms with Gasteiger partial charge in [0.1, 0.15) is 0 Å². The third-order valence-corrected chi connectivity index (χ3v) is 5.44. The Morgan fingerprint density at radius 1 is 1.18 bits per heavy atom. The minimum Gasteiger partial charge on any atom is -0.357 e. The molecule has 1 N–H and O–H groups in total. The lowest BCUT2D eigenvalue weighted by molar-refractivity contribution is -0.135. The van der Waals surface area contributed by atoms with Gasteiger partial charge in [0.25, 0.3) is 0 Å². The number of likely N-dealkylation sites (tertiary alicyclic amines) is 1. The molecule has 0 bridgehead atoms. The number of piperazine rings is 1. The lowest BCUT2D eigenvalue weighted by Crippen LogP contribution is -2.57. The average molecular weight is 503 g/mol. The van der Waals surface area contributed by atoms with E-state index in [4.69, 9.17) is 4.99 Å². The summed E-state index contributed by atoms with van der Waals surface area (Å²) in [5.41, 5.74) is 1.11. The van der Waals surface area contributed by atoms with Gasteiger partial charge >= 0.3 is 0 Å². The van der Waals surface area contributed by atoms with Gasteiger partial charge in [-0.25, -0.2) is 4.99 Å². The summed E-state index contributed by atoms with van der Waals surface area (Å²) in [5, 5.41) is 7.60. The number of nitrogens with one attached hydrogen (secondary N) is 1. The Kier molecular flexibility index (Phi) is 9.00. The number of hydrogen-bond donors (Lipinski definition) is 1. The van der Waals surface area contributed by atoms with Gasteiger partial charge in [-0.05, 0) is 26.7 Å². The first-order valence-electron chi connectivity index (χ1n) is 10.1. The molecule has 3 rings (SSSR count). The molecule has 0 saturated carbocycles. The number of aliphatic imine (C=N–C) groups is 1. The summed E-state index contributed by atoms with van der Waals surface area (Å²) < 4.78 is 1.80. The fraction of sp³-hybridized carbons (Fsp3) is 0.737. The van der Waals surface area contributed by atoms with Gasteiger partial charge in [0, 0.05) is 64.6 Å². The second-order valence-electron chi connectivity index (χ2n) is 7.42. The van der Waals surface area contributed by atoms with Crippen LogP contribution >= 0.6 is 24.0 Å². The molecule has 2 aliphatic rings. The van der Waals surface area contributed by atoms with Crippen molar-refractivity contribution in [3.8, 4) is 0 Å². The maximum absolute atomic E-state index is 12.7. The Bertz CT molecular complexity index is 648. The van der Waals surface area contributed by atoms with Crippen LogP contribution in [0.2, 0.25) is 0 Å². The molecule has 1 unspecified atom stereocenters. The molecular formula is C19H34IN7O. The topological polar surface area (TPSA) is 69.0 Å². The smallest absolute Gasteiger partial charge is 0.239 e. The number of nitrogens with zero attached hydrogens (tertiary/aromatic N) is 6. The average Bonchev–Trinajstić information content (AvgIpc) is 3.36. The lowest BCUT2D eigenvalue weighted by Gasteiger charge is -2.39. The maximum atomic E-state index is 12.7. The van der Waals surface area contributed by atoms with Crippen molar-refractivity contribution in [1.82, 2.24) is 29.8 Å². The normalized spacial score (nSPS) is 19.5. The summed E-state index contributed by atoms with van der Waals surface area (Å²) in [6.07, 6.45) is 6.14. The SMILES string of the molecule is CCNC(=NCc1cnn(C)c1)N1CCN(C(C)C(=O)N2CCCC2)CC1.I. The first kappa shape index (κ1) is 22.9. The Balaban J connectivity index is 0.00000280. The highest BCUT2D eigenvalue weighted by molar-refractivity contribution is 14.0. The summed E-state index contributed by atoms with van der Waals surface area (Å²) in [6.45, 7) is 11.0. The highest BCUT2D eigenvalue weighted by Gasteiger charge is 2.30. The monoisotopic (exact) mass is 503 g/mol. The van der Waals surface area contributed by atoms with E-state index < -0.39 is 0 Å². The molecule has 0 spiro atoms. The molecule has 1 atom stereocenters. The zero-order valence-corrected chi connectivity index (χ0v) is 19.6. The van der Waals surface area contributed by atoms with Crippen LogP contribution in [-0.4, -0.2) is 88.2 Å². The van der Waals surface area contributed by atoms with Crippen LogP contribution in [0.5, 0.6) is 0 Å². The van der Waals surface area contributed by atoms with Gasteiger partial charge in [0.2, 0.25) is 5.91 Å². The molecule has 2 fully saturated rings. The molecule has 0 radical (unpaired) electrons. The number of aryl methyl sites for hydroxylation is 1. The third-order valence-electron chi connectivity index (χ3n) is 5.44. The fourth-order valence-electron chi connectivity index (χ4n) is 3.82. The van der Waals surface area contributed by atoms with Gasteiger partial charge in [-0.15, -0.1) is 24.0 Å². The molecule has 158 valence electrons. The van der Waals surface area contributed by atoms with Gasteiger partial charge in [0.15, 0.2) is 5.96 Å². The first-order valence-corrected chi connectivity index (χ1v) is 10.1. The van der Waals surface area contributed by atoms with E-state index in [-0.39, 0.29) is 35.9 Å². The van der Waals surface area contributed by atoms with Crippen LogP contribution in [0.1, 0.15) is 32.3 Å². The highest BCUT2D eigenvalue weighted by Crippen LogP contribution is 2.14. The first-order chi connectivity index (χ1) is 13.1. The van der Waals surface area contributed by atoms with E-state index in [1.54, 1.807) is 4.68 Å². The number of carbonyl (C=O) groups is 1. The van der Waals surface area contributed by atoms with Crippen molar-refractivity contribution in [1.29, 1.82) is 0 Å². The van der Waals surface area contributed by atoms with Gasteiger partial charge in [-0.3, -0.25) is 14.4 Å². The summed E-state index contributed by atoms with van der Waals surface area (Å²) in [6, 6.07) is -0.0276. The van der Waals surface area contributed by atoms with Crippen molar-refractivity contribution in [2.45, 2.75) is 39.3 Å². The van der Waals surface area contributed by atoms with Crippen LogP contribution in [0.25, 0.3) is 0 Å². The molecule has 2 aliphatic heterocycles. The summed E-state index contributed by atoms with van der Waals surface area (Å²) in [4.78, 5) is 24.1. The van der Waals surface area contributed by atoms with E-state index in [1.165, 1.54) is 0 Å². The van der Waals surface area contributed by atoms with E-state index in [0.717, 1.165) is 70.2 Å². The standard InChI is InChI=1S/C19H33N7O.HI/c1-4-20-19(21-13-17-14-22-23(3)15-17)26-11-9-24(10-12-26)16(2)18(27)25-7-5-6-8-25;/h14-16H,4-13H2,1-3H3,(H,20,21);1H. The number of hydrogen-bond acceptors (Lipinski definition) is 4. The summed E-state index contributed by atoms with van der Waals surface area (Å²) >= 11 is 0. The number of amides is 1. The van der Waals surface area contributed by atoms with Gasteiger partial charge < -0.3 is 15.1 Å². The molecule has 2 saturated heterocycles. The predicted molar refractivity (Wildman–Crippen MR) is 122 cm³/mol. The number of carbonyl (C=O) groups excluding carboxylic acids is 1. The lowest BCUT2D eigenvalue weighted by atomic mass is 10.2. The second-order valence-corrected chi connectivity index (χ2v) is 7.42. The largest absolute Gasteiger partial charge is 0.357 e. The van der Waals surface area contributed by atoms with Crippen LogP contribution in [-0.2, 0) is 18.4 Å². The van der Waals surface area contributed by atoms with Gasteiger partial charge in [-0.2, -0.15) is 5.10 Å². The maximum Gasteiger partial charge on any atom is 0.239 e. The van der Waals surface area contributed by atoms with Crippen molar-refractivity contribution < 1.29 is 4.79 Å². The third kappa shape index (κ3) is 5.82. The molecule has 3 heterocycles.